The molecule has 3 rings (SSSR count). The van der Waals surface area contributed by atoms with E-state index in [1.165, 1.54) is 13.2 Å². The SMILES string of the molecule is COC(c1c(C(=O)O)ccc2c1OCO2)[C@@H]1CCCN1C(=O)OC(C)(C)C. The van der Waals surface area contributed by atoms with Gasteiger partial charge in [-0.15, -0.1) is 0 Å². The summed E-state index contributed by atoms with van der Waals surface area (Å²) in [5, 5.41) is 9.65. The van der Waals surface area contributed by atoms with Crippen molar-refractivity contribution in [1.82, 2.24) is 4.90 Å². The van der Waals surface area contributed by atoms with Crippen molar-refractivity contribution in [3.05, 3.63) is 23.3 Å². The van der Waals surface area contributed by atoms with Crippen LogP contribution in [0.3, 0.4) is 0 Å². The molecule has 1 fully saturated rings. The van der Waals surface area contributed by atoms with Crippen LogP contribution in [0.5, 0.6) is 11.5 Å². The molecular weight excluding hydrogens is 354 g/mol. The molecule has 8 nitrogen and oxygen atoms in total. The Morgan fingerprint density at radius 2 is 2.04 bits per heavy atom. The van der Waals surface area contributed by atoms with E-state index >= 15 is 0 Å². The van der Waals surface area contributed by atoms with Crippen LogP contribution in [0.4, 0.5) is 4.79 Å². The number of aromatic carboxylic acids is 1. The average molecular weight is 379 g/mol. The molecule has 0 saturated carbocycles. The van der Waals surface area contributed by atoms with Gasteiger partial charge in [-0.2, -0.15) is 0 Å². The van der Waals surface area contributed by atoms with Crippen LogP contribution in [-0.2, 0) is 9.47 Å². The van der Waals surface area contributed by atoms with Gasteiger partial charge in [-0.25, -0.2) is 9.59 Å². The highest BCUT2D eigenvalue weighted by atomic mass is 16.7. The average Bonchev–Trinajstić information content (AvgIpc) is 3.22. The van der Waals surface area contributed by atoms with Crippen LogP contribution >= 0.6 is 0 Å². The monoisotopic (exact) mass is 379 g/mol. The fraction of sp³-hybridized carbons (Fsp3) is 0.579. The van der Waals surface area contributed by atoms with Crippen LogP contribution in [-0.4, -0.2) is 54.2 Å². The predicted molar refractivity (Wildman–Crippen MR) is 95.2 cm³/mol. The molecule has 2 aliphatic rings. The van der Waals surface area contributed by atoms with Crippen LogP contribution in [0.15, 0.2) is 12.1 Å². The molecule has 8 heteroatoms. The summed E-state index contributed by atoms with van der Waals surface area (Å²) >= 11 is 0. The first kappa shape index (κ1) is 19.3. The van der Waals surface area contributed by atoms with Gasteiger partial charge < -0.3 is 29.0 Å². The molecule has 2 aliphatic heterocycles. The molecular formula is C19H25NO7. The van der Waals surface area contributed by atoms with Crippen molar-refractivity contribution in [3.63, 3.8) is 0 Å². The summed E-state index contributed by atoms with van der Waals surface area (Å²) in [6, 6.07) is 2.69. The van der Waals surface area contributed by atoms with E-state index in [0.717, 1.165) is 6.42 Å². The molecule has 0 bridgehead atoms. The van der Waals surface area contributed by atoms with E-state index in [1.807, 2.05) is 20.8 Å². The molecule has 148 valence electrons. The molecule has 27 heavy (non-hydrogen) atoms. The van der Waals surface area contributed by atoms with Gasteiger partial charge in [0.2, 0.25) is 6.79 Å². The zero-order valence-electron chi connectivity index (χ0n) is 16.0. The lowest BCUT2D eigenvalue weighted by Crippen LogP contribution is -2.43. The molecule has 2 atom stereocenters. The Balaban J connectivity index is 1.99. The van der Waals surface area contributed by atoms with Crippen LogP contribution in [0.25, 0.3) is 0 Å². The standard InChI is InChI=1S/C19H25NO7/c1-19(2,3)27-18(23)20-9-5-6-12(20)15(24-4)14-11(17(21)22)7-8-13-16(14)26-10-25-13/h7-8,12,15H,5-6,9-10H2,1-4H3,(H,21,22)/t12-,15?/m0/s1. The minimum absolute atomic E-state index is 0.0162. The summed E-state index contributed by atoms with van der Waals surface area (Å²) in [7, 11) is 1.50. The molecule has 2 heterocycles. The molecule has 0 aromatic heterocycles. The van der Waals surface area contributed by atoms with Gasteiger partial charge in [0.1, 0.15) is 11.7 Å². The number of carbonyl (C=O) groups is 2. The number of rotatable bonds is 4. The van der Waals surface area contributed by atoms with Gasteiger partial charge in [-0.05, 0) is 45.7 Å². The fourth-order valence-corrected chi connectivity index (χ4v) is 3.58. The molecule has 1 amide bonds. The fourth-order valence-electron chi connectivity index (χ4n) is 3.58. The van der Waals surface area contributed by atoms with Crippen molar-refractivity contribution in [1.29, 1.82) is 0 Å². The van der Waals surface area contributed by atoms with E-state index in [0.29, 0.717) is 30.0 Å². The van der Waals surface area contributed by atoms with Crippen molar-refractivity contribution in [2.45, 2.75) is 51.4 Å². The van der Waals surface area contributed by atoms with Gasteiger partial charge >= 0.3 is 12.1 Å². The van der Waals surface area contributed by atoms with Gasteiger partial charge in [-0.1, -0.05) is 0 Å². The predicted octanol–water partition coefficient (Wildman–Crippen LogP) is 3.20. The maximum absolute atomic E-state index is 12.7. The van der Waals surface area contributed by atoms with Crippen LogP contribution in [0.1, 0.15) is 55.6 Å². The second-order valence-corrected chi connectivity index (χ2v) is 7.61. The molecule has 1 aromatic rings. The highest BCUT2D eigenvalue weighted by Crippen LogP contribution is 2.45. The Morgan fingerprint density at radius 1 is 1.30 bits per heavy atom. The molecule has 0 radical (unpaired) electrons. The Bertz CT molecular complexity index is 740. The Morgan fingerprint density at radius 3 is 2.67 bits per heavy atom. The van der Waals surface area contributed by atoms with Gasteiger partial charge in [0.25, 0.3) is 0 Å². The maximum Gasteiger partial charge on any atom is 0.410 e. The first-order valence-corrected chi connectivity index (χ1v) is 8.91. The number of carbonyl (C=O) groups excluding carboxylic acids is 1. The van der Waals surface area contributed by atoms with E-state index in [2.05, 4.69) is 0 Å². The van der Waals surface area contributed by atoms with Gasteiger partial charge in [0, 0.05) is 19.2 Å². The number of nitrogens with zero attached hydrogens (tertiary/aromatic N) is 1. The second-order valence-electron chi connectivity index (χ2n) is 7.61. The summed E-state index contributed by atoms with van der Waals surface area (Å²) in [4.78, 5) is 26.1. The van der Waals surface area contributed by atoms with Crippen LogP contribution < -0.4 is 9.47 Å². The third-order valence-electron chi connectivity index (χ3n) is 4.62. The van der Waals surface area contributed by atoms with Crippen LogP contribution in [0, 0.1) is 0 Å². The minimum atomic E-state index is -1.09. The van der Waals surface area contributed by atoms with E-state index in [-0.39, 0.29) is 18.4 Å². The number of amides is 1. The largest absolute Gasteiger partial charge is 0.478 e. The number of carboxylic acids is 1. The molecule has 1 N–H and O–H groups in total. The normalized spacial score (nSPS) is 19.9. The number of ether oxygens (including phenoxy) is 4. The van der Waals surface area contributed by atoms with E-state index in [4.69, 9.17) is 18.9 Å². The zero-order valence-corrected chi connectivity index (χ0v) is 16.0. The second kappa shape index (κ2) is 7.26. The third-order valence-corrected chi connectivity index (χ3v) is 4.62. The number of fused-ring (bicyclic) bond motifs is 1. The lowest BCUT2D eigenvalue weighted by molar-refractivity contribution is -0.00685. The number of carboxylic acid groups (broad SMARTS) is 1. The number of benzene rings is 1. The Labute approximate surface area is 157 Å². The van der Waals surface area contributed by atoms with Crippen molar-refractivity contribution in [3.8, 4) is 11.5 Å². The van der Waals surface area contributed by atoms with Crippen molar-refractivity contribution >= 4 is 12.1 Å². The summed E-state index contributed by atoms with van der Waals surface area (Å²) in [5.41, 5.74) is -0.160. The lowest BCUT2D eigenvalue weighted by atomic mass is 9.94. The van der Waals surface area contributed by atoms with E-state index in [1.54, 1.807) is 11.0 Å². The maximum atomic E-state index is 12.7. The van der Waals surface area contributed by atoms with Crippen molar-refractivity contribution in [2.24, 2.45) is 0 Å². The molecule has 1 aromatic carbocycles. The topological polar surface area (TPSA) is 94.5 Å². The van der Waals surface area contributed by atoms with Gasteiger partial charge in [0.15, 0.2) is 11.5 Å². The molecule has 0 spiro atoms. The van der Waals surface area contributed by atoms with Crippen molar-refractivity contribution < 1.29 is 33.6 Å². The Kier molecular flexibility index (Phi) is 5.19. The summed E-state index contributed by atoms with van der Waals surface area (Å²) in [6.45, 7) is 5.96. The lowest BCUT2D eigenvalue weighted by Gasteiger charge is -2.33. The highest BCUT2D eigenvalue weighted by molar-refractivity contribution is 5.91. The van der Waals surface area contributed by atoms with E-state index < -0.39 is 23.8 Å². The Hall–Kier alpha value is -2.48. The number of hydrogen-bond donors (Lipinski definition) is 1. The first-order chi connectivity index (χ1) is 12.7. The molecule has 0 aliphatic carbocycles. The summed E-state index contributed by atoms with van der Waals surface area (Å²) in [6.07, 6.45) is 0.330. The zero-order chi connectivity index (χ0) is 19.8. The third kappa shape index (κ3) is 3.80. The minimum Gasteiger partial charge on any atom is -0.478 e. The van der Waals surface area contributed by atoms with Crippen molar-refractivity contribution in [2.75, 3.05) is 20.4 Å². The number of methoxy groups -OCH3 is 1. The number of likely N-dealkylation sites (tertiary alicyclic amines) is 1. The van der Waals surface area contributed by atoms with Crippen LogP contribution in [0.2, 0.25) is 0 Å². The van der Waals surface area contributed by atoms with Gasteiger partial charge in [-0.3, -0.25) is 0 Å². The quantitative estimate of drug-likeness (QED) is 0.858. The van der Waals surface area contributed by atoms with E-state index in [9.17, 15) is 14.7 Å². The highest BCUT2D eigenvalue weighted by Gasteiger charge is 2.41. The molecule has 1 saturated heterocycles. The molecule has 1 unspecified atom stereocenters. The summed E-state index contributed by atoms with van der Waals surface area (Å²) in [5.74, 6) is -0.260. The number of hydrogen-bond acceptors (Lipinski definition) is 6. The van der Waals surface area contributed by atoms with Gasteiger partial charge in [0.05, 0.1) is 11.6 Å². The smallest absolute Gasteiger partial charge is 0.410 e. The summed E-state index contributed by atoms with van der Waals surface area (Å²) < 4.78 is 22.1. The first-order valence-electron chi connectivity index (χ1n) is 8.91.